The van der Waals surface area contributed by atoms with E-state index in [-0.39, 0.29) is 0 Å². The largest absolute Gasteiger partial charge is 0.489 e. The van der Waals surface area contributed by atoms with E-state index in [2.05, 4.69) is 63.8 Å². The van der Waals surface area contributed by atoms with E-state index >= 15 is 0 Å². The van der Waals surface area contributed by atoms with E-state index < -0.39 is 0 Å². The zero-order chi connectivity index (χ0) is 14.7. The van der Waals surface area contributed by atoms with Gasteiger partial charge in [0.05, 0.1) is 0 Å². The van der Waals surface area contributed by atoms with Crippen LogP contribution in [-0.4, -0.2) is 29.6 Å². The van der Waals surface area contributed by atoms with Gasteiger partial charge >= 0.3 is 0 Å². The standard InChI is InChI=1S/C18H29NO/c1-6-16-11-18(12-19(16)14(4)5)20-17-9-7-8-15(10-17)13(2)3/h7-10,13-14,16,18H,6,11-12H2,1-5H3/t16-,18?/m0/s1. The second-order valence-corrected chi connectivity index (χ2v) is 6.56. The van der Waals surface area contributed by atoms with Gasteiger partial charge in [0.2, 0.25) is 0 Å². The first kappa shape index (κ1) is 15.4. The number of likely N-dealkylation sites (tertiary alicyclic amines) is 1. The molecule has 1 aliphatic rings. The van der Waals surface area contributed by atoms with Crippen LogP contribution in [0.5, 0.6) is 5.75 Å². The highest BCUT2D eigenvalue weighted by Crippen LogP contribution is 2.28. The normalized spacial score (nSPS) is 23.8. The highest BCUT2D eigenvalue weighted by Gasteiger charge is 2.33. The fourth-order valence-corrected chi connectivity index (χ4v) is 3.16. The molecule has 1 aromatic carbocycles. The number of nitrogens with zero attached hydrogens (tertiary/aromatic N) is 1. The van der Waals surface area contributed by atoms with Crippen LogP contribution >= 0.6 is 0 Å². The monoisotopic (exact) mass is 275 g/mol. The summed E-state index contributed by atoms with van der Waals surface area (Å²) in [4.78, 5) is 2.58. The van der Waals surface area contributed by atoms with Gasteiger partial charge in [-0.25, -0.2) is 0 Å². The van der Waals surface area contributed by atoms with Crippen molar-refractivity contribution in [3.63, 3.8) is 0 Å². The van der Waals surface area contributed by atoms with Crippen molar-refractivity contribution in [1.82, 2.24) is 4.90 Å². The molecular formula is C18H29NO. The topological polar surface area (TPSA) is 12.5 Å². The van der Waals surface area contributed by atoms with E-state index in [9.17, 15) is 0 Å². The first-order valence-corrected chi connectivity index (χ1v) is 8.03. The molecule has 2 rings (SSSR count). The van der Waals surface area contributed by atoms with Crippen molar-refractivity contribution in [2.75, 3.05) is 6.54 Å². The molecule has 0 amide bonds. The number of ether oxygens (including phenoxy) is 1. The summed E-state index contributed by atoms with van der Waals surface area (Å²) >= 11 is 0. The van der Waals surface area contributed by atoms with Crippen molar-refractivity contribution in [2.45, 2.75) is 71.6 Å². The number of rotatable bonds is 5. The molecule has 1 unspecified atom stereocenters. The summed E-state index contributed by atoms with van der Waals surface area (Å²) in [5.74, 6) is 1.58. The molecule has 2 heteroatoms. The summed E-state index contributed by atoms with van der Waals surface area (Å²) in [7, 11) is 0. The predicted octanol–water partition coefficient (Wildman–Crippen LogP) is 4.45. The van der Waals surface area contributed by atoms with Gasteiger partial charge in [-0.2, -0.15) is 0 Å². The Bertz CT molecular complexity index is 427. The van der Waals surface area contributed by atoms with E-state index in [1.165, 1.54) is 12.0 Å². The molecule has 2 nitrogen and oxygen atoms in total. The minimum absolute atomic E-state index is 0.338. The maximum absolute atomic E-state index is 6.24. The van der Waals surface area contributed by atoms with Crippen molar-refractivity contribution in [3.8, 4) is 5.75 Å². The second kappa shape index (κ2) is 6.62. The molecule has 1 aliphatic heterocycles. The molecule has 0 aliphatic carbocycles. The van der Waals surface area contributed by atoms with E-state index in [1.54, 1.807) is 0 Å². The number of hydrogen-bond donors (Lipinski definition) is 0. The zero-order valence-electron chi connectivity index (χ0n) is 13.6. The highest BCUT2D eigenvalue weighted by molar-refractivity contribution is 5.30. The average molecular weight is 275 g/mol. The van der Waals surface area contributed by atoms with Crippen LogP contribution in [0.3, 0.4) is 0 Å². The molecule has 1 heterocycles. The Morgan fingerprint density at radius 2 is 2.00 bits per heavy atom. The summed E-state index contributed by atoms with van der Waals surface area (Å²) in [6.07, 6.45) is 2.70. The summed E-state index contributed by atoms with van der Waals surface area (Å²) in [5, 5.41) is 0. The molecule has 0 aromatic heterocycles. The zero-order valence-corrected chi connectivity index (χ0v) is 13.6. The third-order valence-electron chi connectivity index (χ3n) is 4.38. The maximum Gasteiger partial charge on any atom is 0.120 e. The van der Waals surface area contributed by atoms with E-state index in [1.807, 2.05) is 0 Å². The number of benzene rings is 1. The Morgan fingerprint density at radius 3 is 2.55 bits per heavy atom. The third kappa shape index (κ3) is 3.54. The van der Waals surface area contributed by atoms with E-state index in [4.69, 9.17) is 4.74 Å². The Morgan fingerprint density at radius 1 is 1.25 bits per heavy atom. The third-order valence-corrected chi connectivity index (χ3v) is 4.38. The SMILES string of the molecule is CC[C@H]1CC(Oc2cccc(C(C)C)c2)CN1C(C)C. The van der Waals surface area contributed by atoms with Gasteiger partial charge in [-0.3, -0.25) is 4.90 Å². The minimum Gasteiger partial charge on any atom is -0.489 e. The van der Waals surface area contributed by atoms with E-state index in [0.29, 0.717) is 24.1 Å². The smallest absolute Gasteiger partial charge is 0.120 e. The first-order chi connectivity index (χ1) is 9.51. The fourth-order valence-electron chi connectivity index (χ4n) is 3.16. The minimum atomic E-state index is 0.338. The lowest BCUT2D eigenvalue weighted by atomic mass is 10.0. The molecule has 0 radical (unpaired) electrons. The molecule has 112 valence electrons. The van der Waals surface area contributed by atoms with Crippen molar-refractivity contribution in [1.29, 1.82) is 0 Å². The van der Waals surface area contributed by atoms with Crippen LogP contribution in [0, 0.1) is 0 Å². The van der Waals surface area contributed by atoms with Crippen LogP contribution in [0.1, 0.15) is 58.9 Å². The molecule has 0 N–H and O–H groups in total. The van der Waals surface area contributed by atoms with Gasteiger partial charge in [0.15, 0.2) is 0 Å². The van der Waals surface area contributed by atoms with Crippen LogP contribution in [-0.2, 0) is 0 Å². The van der Waals surface area contributed by atoms with Gasteiger partial charge in [-0.05, 0) is 43.9 Å². The summed E-state index contributed by atoms with van der Waals surface area (Å²) in [5.41, 5.74) is 1.35. The maximum atomic E-state index is 6.24. The quantitative estimate of drug-likeness (QED) is 0.787. The molecule has 2 atom stereocenters. The van der Waals surface area contributed by atoms with Crippen LogP contribution in [0.15, 0.2) is 24.3 Å². The Kier molecular flexibility index (Phi) is 5.09. The lowest BCUT2D eigenvalue weighted by Crippen LogP contribution is -2.35. The Labute approximate surface area is 124 Å². The average Bonchev–Trinajstić information content (AvgIpc) is 2.82. The van der Waals surface area contributed by atoms with Crippen molar-refractivity contribution in [2.24, 2.45) is 0 Å². The molecule has 0 saturated carbocycles. The van der Waals surface area contributed by atoms with Gasteiger partial charge in [0.1, 0.15) is 11.9 Å². The number of hydrogen-bond acceptors (Lipinski definition) is 2. The molecule has 1 aromatic rings. The second-order valence-electron chi connectivity index (χ2n) is 6.56. The van der Waals surface area contributed by atoms with Gasteiger partial charge in [-0.15, -0.1) is 0 Å². The molecule has 0 bridgehead atoms. The molecule has 20 heavy (non-hydrogen) atoms. The van der Waals surface area contributed by atoms with Crippen LogP contribution in [0.4, 0.5) is 0 Å². The van der Waals surface area contributed by atoms with Crippen LogP contribution < -0.4 is 4.74 Å². The van der Waals surface area contributed by atoms with Crippen molar-refractivity contribution in [3.05, 3.63) is 29.8 Å². The molecule has 1 fully saturated rings. The predicted molar refractivity (Wildman–Crippen MR) is 85.5 cm³/mol. The lowest BCUT2D eigenvalue weighted by molar-refractivity contribution is 0.172. The molecule has 0 spiro atoms. The van der Waals surface area contributed by atoms with Gasteiger partial charge in [0, 0.05) is 25.0 Å². The van der Waals surface area contributed by atoms with Crippen molar-refractivity contribution >= 4 is 0 Å². The summed E-state index contributed by atoms with van der Waals surface area (Å²) < 4.78 is 6.24. The Hall–Kier alpha value is -1.02. The highest BCUT2D eigenvalue weighted by atomic mass is 16.5. The fraction of sp³-hybridized carbons (Fsp3) is 0.667. The van der Waals surface area contributed by atoms with E-state index in [0.717, 1.165) is 18.7 Å². The van der Waals surface area contributed by atoms with Crippen LogP contribution in [0.2, 0.25) is 0 Å². The first-order valence-electron chi connectivity index (χ1n) is 8.03. The van der Waals surface area contributed by atoms with Gasteiger partial charge in [-0.1, -0.05) is 32.9 Å². The summed E-state index contributed by atoms with van der Waals surface area (Å²) in [6, 6.07) is 9.86. The Balaban J connectivity index is 2.02. The van der Waals surface area contributed by atoms with Gasteiger partial charge < -0.3 is 4.74 Å². The molecular weight excluding hydrogens is 246 g/mol. The lowest BCUT2D eigenvalue weighted by Gasteiger charge is -2.26. The van der Waals surface area contributed by atoms with Crippen molar-refractivity contribution < 1.29 is 4.74 Å². The molecule has 1 saturated heterocycles. The van der Waals surface area contributed by atoms with Crippen LogP contribution in [0.25, 0.3) is 0 Å². The summed E-state index contributed by atoms with van der Waals surface area (Å²) in [6.45, 7) is 12.4. The van der Waals surface area contributed by atoms with Gasteiger partial charge in [0.25, 0.3) is 0 Å².